The maximum Gasteiger partial charge on any atom is 0.146 e. The summed E-state index contributed by atoms with van der Waals surface area (Å²) in [6.07, 6.45) is 4.73. The lowest BCUT2D eigenvalue weighted by Gasteiger charge is -2.36. The molecule has 2 aromatic carbocycles. The number of hydrogen-bond acceptors (Lipinski definition) is 3. The molecule has 1 saturated heterocycles. The molecule has 2 aromatic rings. The van der Waals surface area contributed by atoms with Crippen LogP contribution in [0.5, 0.6) is 5.75 Å². The van der Waals surface area contributed by atoms with Crippen molar-refractivity contribution in [1.29, 1.82) is 0 Å². The molecule has 0 saturated carbocycles. The molecule has 4 heteroatoms. The van der Waals surface area contributed by atoms with Crippen LogP contribution in [-0.4, -0.2) is 44.2 Å². The fourth-order valence-electron chi connectivity index (χ4n) is 4.59. The van der Waals surface area contributed by atoms with Crippen LogP contribution >= 0.6 is 0 Å². The number of piperazine rings is 1. The first-order valence-corrected chi connectivity index (χ1v) is 10.7. The van der Waals surface area contributed by atoms with E-state index in [1.165, 1.54) is 30.4 Å². The summed E-state index contributed by atoms with van der Waals surface area (Å²) in [4.78, 5) is 4.60. The zero-order chi connectivity index (χ0) is 19.3. The molecule has 3 nitrogen and oxygen atoms in total. The van der Waals surface area contributed by atoms with Gasteiger partial charge in [0, 0.05) is 32.7 Å². The molecule has 28 heavy (non-hydrogen) atoms. The Kier molecular flexibility index (Phi) is 6.16. The molecule has 0 spiro atoms. The number of ether oxygens (including phenoxy) is 1. The fourth-order valence-corrected chi connectivity index (χ4v) is 4.59. The number of benzene rings is 2. The van der Waals surface area contributed by atoms with E-state index in [0.29, 0.717) is 0 Å². The SMILES string of the molecule is CCC1CCc2cc(OCCCN3CCN(c4ccccc4F)CC3)ccc21. The summed E-state index contributed by atoms with van der Waals surface area (Å²) in [6.45, 7) is 7.78. The zero-order valence-corrected chi connectivity index (χ0v) is 16.9. The summed E-state index contributed by atoms with van der Waals surface area (Å²) in [5, 5.41) is 0. The second-order valence-corrected chi connectivity index (χ2v) is 7.99. The van der Waals surface area contributed by atoms with E-state index in [1.54, 1.807) is 12.1 Å². The molecule has 0 amide bonds. The smallest absolute Gasteiger partial charge is 0.146 e. The number of aryl methyl sites for hydroxylation is 1. The van der Waals surface area contributed by atoms with Crippen LogP contribution in [0, 0.1) is 5.82 Å². The van der Waals surface area contributed by atoms with Crippen molar-refractivity contribution >= 4 is 5.69 Å². The maximum absolute atomic E-state index is 13.9. The molecule has 1 heterocycles. The third kappa shape index (κ3) is 4.33. The average Bonchev–Trinajstić information content (AvgIpc) is 3.14. The van der Waals surface area contributed by atoms with Crippen molar-refractivity contribution in [2.24, 2.45) is 0 Å². The van der Waals surface area contributed by atoms with Crippen LogP contribution in [0.4, 0.5) is 10.1 Å². The van der Waals surface area contributed by atoms with Gasteiger partial charge in [-0.2, -0.15) is 0 Å². The number of anilines is 1. The number of rotatable bonds is 7. The van der Waals surface area contributed by atoms with Crippen molar-refractivity contribution in [1.82, 2.24) is 4.90 Å². The predicted octanol–water partition coefficient (Wildman–Crippen LogP) is 4.86. The van der Waals surface area contributed by atoms with Crippen LogP contribution in [0.25, 0.3) is 0 Å². The van der Waals surface area contributed by atoms with Gasteiger partial charge in [0.1, 0.15) is 11.6 Å². The van der Waals surface area contributed by atoms with Gasteiger partial charge in [-0.15, -0.1) is 0 Å². The second kappa shape index (κ2) is 8.95. The van der Waals surface area contributed by atoms with E-state index >= 15 is 0 Å². The molecule has 2 aliphatic rings. The Morgan fingerprint density at radius 1 is 1.07 bits per heavy atom. The number of hydrogen-bond donors (Lipinski definition) is 0. The highest BCUT2D eigenvalue weighted by Crippen LogP contribution is 2.37. The van der Waals surface area contributed by atoms with Crippen molar-refractivity contribution in [3.63, 3.8) is 0 Å². The average molecular weight is 383 g/mol. The van der Waals surface area contributed by atoms with Crippen LogP contribution < -0.4 is 9.64 Å². The van der Waals surface area contributed by atoms with E-state index in [0.717, 1.165) is 63.1 Å². The van der Waals surface area contributed by atoms with Gasteiger partial charge < -0.3 is 9.64 Å². The molecular weight excluding hydrogens is 351 g/mol. The minimum Gasteiger partial charge on any atom is -0.494 e. The lowest BCUT2D eigenvalue weighted by molar-refractivity contribution is 0.224. The molecule has 1 fully saturated rings. The number of nitrogens with zero attached hydrogens (tertiary/aromatic N) is 2. The molecule has 150 valence electrons. The van der Waals surface area contributed by atoms with E-state index in [2.05, 4.69) is 34.9 Å². The summed E-state index contributed by atoms with van der Waals surface area (Å²) < 4.78 is 19.9. The van der Waals surface area contributed by atoms with Gasteiger partial charge in [0.2, 0.25) is 0 Å². The Morgan fingerprint density at radius 3 is 2.68 bits per heavy atom. The van der Waals surface area contributed by atoms with Crippen LogP contribution in [-0.2, 0) is 6.42 Å². The monoisotopic (exact) mass is 382 g/mol. The molecule has 0 radical (unpaired) electrons. The second-order valence-electron chi connectivity index (χ2n) is 7.99. The summed E-state index contributed by atoms with van der Waals surface area (Å²) in [7, 11) is 0. The summed E-state index contributed by atoms with van der Waals surface area (Å²) in [5.74, 6) is 1.64. The van der Waals surface area contributed by atoms with Crippen LogP contribution in [0.1, 0.15) is 43.2 Å². The highest BCUT2D eigenvalue weighted by molar-refractivity contribution is 5.48. The third-order valence-electron chi connectivity index (χ3n) is 6.26. The Balaban J connectivity index is 1.18. The van der Waals surface area contributed by atoms with Gasteiger partial charge in [-0.1, -0.05) is 25.1 Å². The Morgan fingerprint density at radius 2 is 1.89 bits per heavy atom. The fraction of sp³-hybridized carbons (Fsp3) is 0.500. The van der Waals surface area contributed by atoms with Gasteiger partial charge in [0.05, 0.1) is 12.3 Å². The number of halogens is 1. The molecule has 0 N–H and O–H groups in total. The molecule has 1 aliphatic heterocycles. The van der Waals surface area contributed by atoms with E-state index in [4.69, 9.17) is 4.74 Å². The van der Waals surface area contributed by atoms with Crippen molar-refractivity contribution < 1.29 is 9.13 Å². The number of fused-ring (bicyclic) bond motifs is 1. The topological polar surface area (TPSA) is 15.7 Å². The van der Waals surface area contributed by atoms with Gasteiger partial charge in [0.25, 0.3) is 0 Å². The molecule has 4 rings (SSSR count). The van der Waals surface area contributed by atoms with Gasteiger partial charge >= 0.3 is 0 Å². The van der Waals surface area contributed by atoms with Crippen molar-refractivity contribution in [3.05, 3.63) is 59.4 Å². The summed E-state index contributed by atoms with van der Waals surface area (Å²) >= 11 is 0. The van der Waals surface area contributed by atoms with Crippen LogP contribution in [0.2, 0.25) is 0 Å². The van der Waals surface area contributed by atoms with Gasteiger partial charge in [0.15, 0.2) is 0 Å². The quantitative estimate of drug-likeness (QED) is 0.636. The summed E-state index contributed by atoms with van der Waals surface area (Å²) in [6, 6.07) is 13.7. The lowest BCUT2D eigenvalue weighted by Crippen LogP contribution is -2.47. The normalized spacial score (nSPS) is 19.6. The van der Waals surface area contributed by atoms with Crippen LogP contribution in [0.15, 0.2) is 42.5 Å². The maximum atomic E-state index is 13.9. The standard InChI is InChI=1S/C24H31FN2O/c1-2-19-8-9-20-18-21(10-11-22(19)20)28-17-5-12-26-13-15-27(16-14-26)24-7-4-3-6-23(24)25/h3-4,6-7,10-11,18-19H,2,5,8-9,12-17H2,1H3. The first kappa shape index (κ1) is 19.3. The highest BCUT2D eigenvalue weighted by Gasteiger charge is 2.21. The summed E-state index contributed by atoms with van der Waals surface area (Å²) in [5.41, 5.74) is 3.74. The Bertz CT molecular complexity index is 786. The molecule has 0 aromatic heterocycles. The van der Waals surface area contributed by atoms with Gasteiger partial charge in [-0.3, -0.25) is 4.90 Å². The van der Waals surface area contributed by atoms with Gasteiger partial charge in [-0.25, -0.2) is 4.39 Å². The van der Waals surface area contributed by atoms with E-state index in [1.807, 2.05) is 12.1 Å². The minimum absolute atomic E-state index is 0.121. The van der Waals surface area contributed by atoms with Crippen LogP contribution in [0.3, 0.4) is 0 Å². The first-order valence-electron chi connectivity index (χ1n) is 10.7. The van der Waals surface area contributed by atoms with E-state index in [9.17, 15) is 4.39 Å². The van der Waals surface area contributed by atoms with Crippen molar-refractivity contribution in [2.75, 3.05) is 44.2 Å². The molecule has 0 bridgehead atoms. The third-order valence-corrected chi connectivity index (χ3v) is 6.26. The molecule has 1 atom stereocenters. The van der Waals surface area contributed by atoms with E-state index < -0.39 is 0 Å². The molecular formula is C24H31FN2O. The Hall–Kier alpha value is -2.07. The first-order chi connectivity index (χ1) is 13.7. The molecule has 1 unspecified atom stereocenters. The molecule has 1 aliphatic carbocycles. The van der Waals surface area contributed by atoms with Crippen molar-refractivity contribution in [2.45, 2.75) is 38.5 Å². The lowest BCUT2D eigenvalue weighted by atomic mass is 9.99. The Labute approximate surface area is 168 Å². The highest BCUT2D eigenvalue weighted by atomic mass is 19.1. The van der Waals surface area contributed by atoms with E-state index in [-0.39, 0.29) is 5.82 Å². The predicted molar refractivity (Wildman–Crippen MR) is 113 cm³/mol. The zero-order valence-electron chi connectivity index (χ0n) is 16.9. The number of para-hydroxylation sites is 1. The van der Waals surface area contributed by atoms with Gasteiger partial charge in [-0.05, 0) is 67.0 Å². The largest absolute Gasteiger partial charge is 0.494 e. The minimum atomic E-state index is -0.121. The van der Waals surface area contributed by atoms with Crippen molar-refractivity contribution in [3.8, 4) is 5.75 Å².